The van der Waals surface area contributed by atoms with Crippen LogP contribution in [0.15, 0.2) is 24.3 Å². The number of hydrogen-bond acceptors (Lipinski definition) is 4. The number of carbonyl (C=O) groups is 1. The van der Waals surface area contributed by atoms with Gasteiger partial charge in [0.1, 0.15) is 9.84 Å². The van der Waals surface area contributed by atoms with Crippen LogP contribution in [0.5, 0.6) is 0 Å². The van der Waals surface area contributed by atoms with E-state index in [1.54, 1.807) is 45.3 Å². The Morgan fingerprint density at radius 2 is 1.79 bits per heavy atom. The highest BCUT2D eigenvalue weighted by Gasteiger charge is 2.11. The van der Waals surface area contributed by atoms with Crippen LogP contribution < -0.4 is 5.32 Å². The van der Waals surface area contributed by atoms with Crippen LogP contribution in [-0.4, -0.2) is 51.4 Å². The van der Waals surface area contributed by atoms with Crippen molar-refractivity contribution < 1.29 is 13.2 Å². The minimum atomic E-state index is -3.00. The van der Waals surface area contributed by atoms with E-state index >= 15 is 0 Å². The van der Waals surface area contributed by atoms with Crippen LogP contribution in [0.2, 0.25) is 0 Å². The zero-order valence-electron chi connectivity index (χ0n) is 11.7. The number of anilines is 1. The second kappa shape index (κ2) is 6.06. The number of amides is 1. The van der Waals surface area contributed by atoms with Gasteiger partial charge in [0.2, 0.25) is 0 Å². The molecule has 1 atom stereocenters. The fraction of sp³-hybridized carbons (Fsp3) is 0.462. The fourth-order valence-electron chi connectivity index (χ4n) is 1.75. The van der Waals surface area contributed by atoms with Crippen LogP contribution in [-0.2, 0) is 9.84 Å². The Kier molecular flexibility index (Phi) is 4.94. The molecule has 6 heteroatoms. The predicted octanol–water partition coefficient (Wildman–Crippen LogP) is 1.23. The van der Waals surface area contributed by atoms with Crippen molar-refractivity contribution >= 4 is 21.4 Å². The summed E-state index contributed by atoms with van der Waals surface area (Å²) < 4.78 is 22.3. The fourth-order valence-corrected chi connectivity index (χ4v) is 2.74. The predicted molar refractivity (Wildman–Crippen MR) is 77.3 cm³/mol. The van der Waals surface area contributed by atoms with Crippen LogP contribution in [0, 0.1) is 0 Å². The molecule has 0 saturated heterocycles. The third-order valence-corrected chi connectivity index (χ3v) is 3.61. The molecule has 0 heterocycles. The minimum absolute atomic E-state index is 0.0595. The number of sulfone groups is 1. The molecule has 0 radical (unpaired) electrons. The zero-order chi connectivity index (χ0) is 14.6. The summed E-state index contributed by atoms with van der Waals surface area (Å²) in [4.78, 5) is 13.2. The lowest BCUT2D eigenvalue weighted by Crippen LogP contribution is -2.25. The van der Waals surface area contributed by atoms with Gasteiger partial charge in [0.25, 0.3) is 5.91 Å². The molecular weight excluding hydrogens is 264 g/mol. The number of hydrogen-bond donors (Lipinski definition) is 1. The molecule has 0 saturated carbocycles. The number of carbonyl (C=O) groups excluding carboxylic acids is 1. The molecule has 19 heavy (non-hydrogen) atoms. The Balaban J connectivity index is 2.70. The molecule has 0 aliphatic rings. The summed E-state index contributed by atoms with van der Waals surface area (Å²) in [6.45, 7) is 1.81. The van der Waals surface area contributed by atoms with E-state index in [-0.39, 0.29) is 17.7 Å². The first-order chi connectivity index (χ1) is 8.69. The Morgan fingerprint density at radius 3 is 2.21 bits per heavy atom. The van der Waals surface area contributed by atoms with Crippen molar-refractivity contribution in [2.24, 2.45) is 0 Å². The minimum Gasteiger partial charge on any atom is -0.382 e. The van der Waals surface area contributed by atoms with Crippen LogP contribution >= 0.6 is 0 Å². The third-order valence-electron chi connectivity index (χ3n) is 2.50. The molecule has 0 spiro atoms. The lowest BCUT2D eigenvalue weighted by atomic mass is 10.2. The Hall–Kier alpha value is -1.56. The number of benzene rings is 1. The van der Waals surface area contributed by atoms with Crippen molar-refractivity contribution in [3.8, 4) is 0 Å². The van der Waals surface area contributed by atoms with Gasteiger partial charge in [0, 0.05) is 37.6 Å². The summed E-state index contributed by atoms with van der Waals surface area (Å²) in [5, 5.41) is 3.09. The lowest BCUT2D eigenvalue weighted by molar-refractivity contribution is 0.0827. The van der Waals surface area contributed by atoms with Gasteiger partial charge >= 0.3 is 0 Å². The molecule has 0 aliphatic heterocycles. The van der Waals surface area contributed by atoms with E-state index in [1.807, 2.05) is 0 Å². The van der Waals surface area contributed by atoms with Gasteiger partial charge in [0.05, 0.1) is 5.75 Å². The molecule has 1 N–H and O–H groups in total. The Bertz CT molecular complexity index is 536. The molecule has 1 rings (SSSR count). The van der Waals surface area contributed by atoms with Gasteiger partial charge < -0.3 is 10.2 Å². The quantitative estimate of drug-likeness (QED) is 0.883. The van der Waals surface area contributed by atoms with Crippen molar-refractivity contribution in [1.82, 2.24) is 4.90 Å². The molecule has 1 unspecified atom stereocenters. The van der Waals surface area contributed by atoms with Gasteiger partial charge in [-0.3, -0.25) is 4.79 Å². The average Bonchev–Trinajstić information content (AvgIpc) is 2.26. The number of rotatable bonds is 5. The summed E-state index contributed by atoms with van der Waals surface area (Å²) in [5.74, 6) is 0.0153. The summed E-state index contributed by atoms with van der Waals surface area (Å²) in [6.07, 6.45) is 1.21. The maximum Gasteiger partial charge on any atom is 0.253 e. The van der Waals surface area contributed by atoms with Gasteiger partial charge in [-0.2, -0.15) is 0 Å². The molecule has 1 aromatic rings. The largest absolute Gasteiger partial charge is 0.382 e. The molecule has 0 aliphatic carbocycles. The summed E-state index contributed by atoms with van der Waals surface area (Å²) in [5.41, 5.74) is 1.40. The number of nitrogens with zero attached hydrogens (tertiary/aromatic N) is 1. The maximum absolute atomic E-state index is 11.7. The molecule has 0 fully saturated rings. The van der Waals surface area contributed by atoms with E-state index in [4.69, 9.17) is 0 Å². The van der Waals surface area contributed by atoms with E-state index in [2.05, 4.69) is 5.32 Å². The first kappa shape index (κ1) is 15.5. The molecule has 1 amide bonds. The van der Waals surface area contributed by atoms with E-state index in [9.17, 15) is 13.2 Å². The maximum atomic E-state index is 11.7. The smallest absolute Gasteiger partial charge is 0.253 e. The first-order valence-corrected chi connectivity index (χ1v) is 8.01. The van der Waals surface area contributed by atoms with Gasteiger partial charge in [-0.05, 0) is 31.2 Å². The SMILES string of the molecule is CC(CS(C)(=O)=O)Nc1ccc(C(=O)N(C)C)cc1. The molecule has 5 nitrogen and oxygen atoms in total. The Morgan fingerprint density at radius 1 is 1.26 bits per heavy atom. The van der Waals surface area contributed by atoms with Crippen molar-refractivity contribution in [2.45, 2.75) is 13.0 Å². The molecule has 1 aromatic carbocycles. The molecule has 106 valence electrons. The first-order valence-electron chi connectivity index (χ1n) is 5.95. The van der Waals surface area contributed by atoms with Crippen LogP contribution in [0.25, 0.3) is 0 Å². The van der Waals surface area contributed by atoms with Crippen LogP contribution in [0.3, 0.4) is 0 Å². The highest BCUT2D eigenvalue weighted by molar-refractivity contribution is 7.90. The lowest BCUT2D eigenvalue weighted by Gasteiger charge is -2.15. The van der Waals surface area contributed by atoms with Gasteiger partial charge in [-0.25, -0.2) is 8.42 Å². The molecule has 0 bridgehead atoms. The van der Waals surface area contributed by atoms with E-state index in [0.717, 1.165) is 5.69 Å². The van der Waals surface area contributed by atoms with E-state index in [0.29, 0.717) is 5.56 Å². The highest BCUT2D eigenvalue weighted by Crippen LogP contribution is 2.12. The van der Waals surface area contributed by atoms with Crippen molar-refractivity contribution in [2.75, 3.05) is 31.4 Å². The molecule has 0 aromatic heterocycles. The second-order valence-corrected chi connectivity index (χ2v) is 7.10. The molecular formula is C13H20N2O3S. The second-order valence-electron chi connectivity index (χ2n) is 4.91. The van der Waals surface area contributed by atoms with Gasteiger partial charge in [0.15, 0.2) is 0 Å². The van der Waals surface area contributed by atoms with Gasteiger partial charge in [-0.15, -0.1) is 0 Å². The van der Waals surface area contributed by atoms with Crippen molar-refractivity contribution in [1.29, 1.82) is 0 Å². The number of nitrogens with one attached hydrogen (secondary N) is 1. The van der Waals surface area contributed by atoms with Crippen molar-refractivity contribution in [3.63, 3.8) is 0 Å². The monoisotopic (exact) mass is 284 g/mol. The summed E-state index contributed by atoms with van der Waals surface area (Å²) >= 11 is 0. The third kappa shape index (κ3) is 5.30. The van der Waals surface area contributed by atoms with Crippen LogP contribution in [0.1, 0.15) is 17.3 Å². The summed E-state index contributed by atoms with van der Waals surface area (Å²) in [7, 11) is 0.395. The van der Waals surface area contributed by atoms with Crippen molar-refractivity contribution in [3.05, 3.63) is 29.8 Å². The Labute approximate surface area is 114 Å². The standard InChI is InChI=1S/C13H20N2O3S/c1-10(9-19(4,17)18)14-12-7-5-11(6-8-12)13(16)15(2)3/h5-8,10,14H,9H2,1-4H3. The average molecular weight is 284 g/mol. The zero-order valence-corrected chi connectivity index (χ0v) is 12.5. The highest BCUT2D eigenvalue weighted by atomic mass is 32.2. The van der Waals surface area contributed by atoms with Gasteiger partial charge in [-0.1, -0.05) is 0 Å². The van der Waals surface area contributed by atoms with Crippen LogP contribution in [0.4, 0.5) is 5.69 Å². The van der Waals surface area contributed by atoms with E-state index < -0.39 is 9.84 Å². The topological polar surface area (TPSA) is 66.5 Å². The van der Waals surface area contributed by atoms with E-state index in [1.165, 1.54) is 11.2 Å². The normalized spacial score (nSPS) is 12.8. The summed E-state index contributed by atoms with van der Waals surface area (Å²) in [6, 6.07) is 6.81.